The van der Waals surface area contributed by atoms with Crippen molar-refractivity contribution in [2.75, 3.05) is 31.7 Å². The molecule has 0 unspecified atom stereocenters. The van der Waals surface area contributed by atoms with Crippen molar-refractivity contribution in [3.63, 3.8) is 0 Å². The number of nitrogens with zero attached hydrogens (tertiary/aromatic N) is 2. The summed E-state index contributed by atoms with van der Waals surface area (Å²) in [6, 6.07) is 6.40. The van der Waals surface area contributed by atoms with Crippen molar-refractivity contribution in [2.45, 2.75) is 72.1 Å². The minimum atomic E-state index is -0.508. The van der Waals surface area contributed by atoms with Crippen LogP contribution in [0.5, 0.6) is 0 Å². The Hall–Kier alpha value is -1.55. The van der Waals surface area contributed by atoms with E-state index >= 15 is 0 Å². The zero-order valence-electron chi connectivity index (χ0n) is 19.8. The summed E-state index contributed by atoms with van der Waals surface area (Å²) in [5.74, 6) is 0.795. The van der Waals surface area contributed by atoms with Crippen LogP contribution in [0.4, 0.5) is 10.5 Å². The lowest BCUT2D eigenvalue weighted by atomic mass is 10.1. The minimum absolute atomic E-state index is 0. The summed E-state index contributed by atoms with van der Waals surface area (Å²) >= 11 is 0. The fraction of sp³-hybridized carbons (Fsp3) is 0.652. The average molecular weight is 546 g/mol. The van der Waals surface area contributed by atoms with Crippen LogP contribution in [-0.2, 0) is 16.0 Å². The number of carbonyl (C=O) groups is 1. The molecule has 31 heavy (non-hydrogen) atoms. The molecular weight excluding hydrogens is 507 g/mol. The normalized spacial score (nSPS) is 13.9. The molecular formula is C23H39IN4O3. The number of nitrogens with one attached hydrogen (secondary N) is 2. The highest BCUT2D eigenvalue weighted by molar-refractivity contribution is 14.0. The van der Waals surface area contributed by atoms with E-state index in [0.29, 0.717) is 6.54 Å². The van der Waals surface area contributed by atoms with Gasteiger partial charge >= 0.3 is 6.09 Å². The molecule has 7 nitrogen and oxygen atoms in total. The Morgan fingerprint density at radius 3 is 2.52 bits per heavy atom. The molecule has 0 radical (unpaired) electrons. The fourth-order valence-corrected chi connectivity index (χ4v) is 3.11. The maximum Gasteiger partial charge on any atom is 0.415 e. The van der Waals surface area contributed by atoms with E-state index in [0.717, 1.165) is 61.7 Å². The maximum absolute atomic E-state index is 12.8. The number of benzene rings is 1. The van der Waals surface area contributed by atoms with Crippen LogP contribution < -0.4 is 15.5 Å². The smallest absolute Gasteiger partial charge is 0.415 e. The Labute approximate surface area is 204 Å². The topological polar surface area (TPSA) is 75.2 Å². The Bertz CT molecular complexity index is 730. The van der Waals surface area contributed by atoms with Crippen LogP contribution in [0.1, 0.15) is 58.1 Å². The summed E-state index contributed by atoms with van der Waals surface area (Å²) in [5, 5.41) is 6.58. The molecule has 0 saturated heterocycles. The van der Waals surface area contributed by atoms with Gasteiger partial charge in [-0.05, 0) is 71.1 Å². The molecule has 1 amide bonds. The van der Waals surface area contributed by atoms with Crippen molar-refractivity contribution in [3.8, 4) is 0 Å². The Morgan fingerprint density at radius 2 is 1.97 bits per heavy atom. The van der Waals surface area contributed by atoms with Gasteiger partial charge in [-0.1, -0.05) is 12.1 Å². The molecule has 8 heteroatoms. The predicted octanol–water partition coefficient (Wildman–Crippen LogP) is 4.61. The quantitative estimate of drug-likeness (QED) is 0.205. The second kappa shape index (κ2) is 13.1. The number of halogens is 1. The number of ether oxygens (including phenoxy) is 2. The first-order chi connectivity index (χ1) is 14.2. The van der Waals surface area contributed by atoms with Gasteiger partial charge in [0.05, 0.1) is 12.2 Å². The molecule has 0 aliphatic heterocycles. The third kappa shape index (κ3) is 9.64. The molecule has 0 heterocycles. The third-order valence-electron chi connectivity index (χ3n) is 4.60. The van der Waals surface area contributed by atoms with Crippen LogP contribution >= 0.6 is 24.0 Å². The predicted molar refractivity (Wildman–Crippen MR) is 138 cm³/mol. The van der Waals surface area contributed by atoms with Gasteiger partial charge < -0.3 is 20.1 Å². The summed E-state index contributed by atoms with van der Waals surface area (Å²) in [6.45, 7) is 12.7. The number of hydrogen-bond acceptors (Lipinski definition) is 4. The number of hydrogen-bond donors (Lipinski definition) is 2. The number of anilines is 1. The number of rotatable bonds is 9. The SMILES string of the molecule is CCNC(=NCc1ccc(N(C(=O)OC(C)(C)C)C2CC2)c(C)c1)NCCCOC.I. The van der Waals surface area contributed by atoms with E-state index in [-0.39, 0.29) is 36.1 Å². The molecule has 2 N–H and O–H groups in total. The van der Waals surface area contributed by atoms with Crippen LogP contribution in [0, 0.1) is 6.92 Å². The lowest BCUT2D eigenvalue weighted by molar-refractivity contribution is 0.0577. The van der Waals surface area contributed by atoms with Crippen LogP contribution in [0.15, 0.2) is 23.2 Å². The summed E-state index contributed by atoms with van der Waals surface area (Å²) in [4.78, 5) is 19.3. The Kier molecular flexibility index (Phi) is 11.6. The van der Waals surface area contributed by atoms with Crippen LogP contribution in [0.2, 0.25) is 0 Å². The largest absolute Gasteiger partial charge is 0.443 e. The van der Waals surface area contributed by atoms with Gasteiger partial charge in [-0.15, -0.1) is 24.0 Å². The summed E-state index contributed by atoms with van der Waals surface area (Å²) in [7, 11) is 1.71. The number of methoxy groups -OCH3 is 1. The summed E-state index contributed by atoms with van der Waals surface area (Å²) in [5.41, 5.74) is 2.57. The van der Waals surface area contributed by atoms with Crippen molar-refractivity contribution >= 4 is 41.7 Å². The average Bonchev–Trinajstić information content (AvgIpc) is 3.48. The molecule has 2 rings (SSSR count). The molecule has 0 spiro atoms. The lowest BCUT2D eigenvalue weighted by Gasteiger charge is -2.28. The van der Waals surface area contributed by atoms with Gasteiger partial charge in [0.1, 0.15) is 5.60 Å². The maximum atomic E-state index is 12.8. The van der Waals surface area contributed by atoms with Gasteiger partial charge in [-0.3, -0.25) is 4.90 Å². The molecule has 1 aliphatic carbocycles. The highest BCUT2D eigenvalue weighted by Gasteiger charge is 2.37. The number of carbonyl (C=O) groups excluding carboxylic acids is 1. The molecule has 1 saturated carbocycles. The second-order valence-corrected chi connectivity index (χ2v) is 8.67. The van der Waals surface area contributed by atoms with Gasteiger partial charge in [-0.2, -0.15) is 0 Å². The van der Waals surface area contributed by atoms with E-state index < -0.39 is 5.60 Å². The molecule has 0 aromatic heterocycles. The number of guanidine groups is 1. The lowest BCUT2D eigenvalue weighted by Crippen LogP contribution is -2.38. The molecule has 0 atom stereocenters. The van der Waals surface area contributed by atoms with Gasteiger partial charge in [0.25, 0.3) is 0 Å². The standard InChI is InChI=1S/C23H38N4O3.HI/c1-7-24-21(25-13-8-14-29-6)26-16-18-9-12-20(17(2)15-18)27(19-10-11-19)22(28)30-23(3,4)5;/h9,12,15,19H,7-8,10-11,13-14,16H2,1-6H3,(H2,24,25,26);1H. The van der Waals surface area contributed by atoms with E-state index in [1.807, 2.05) is 44.7 Å². The van der Waals surface area contributed by atoms with E-state index in [2.05, 4.69) is 28.6 Å². The highest BCUT2D eigenvalue weighted by atomic mass is 127. The fourth-order valence-electron chi connectivity index (χ4n) is 3.11. The molecule has 176 valence electrons. The van der Waals surface area contributed by atoms with Gasteiger partial charge in [0.2, 0.25) is 0 Å². The second-order valence-electron chi connectivity index (χ2n) is 8.67. The minimum Gasteiger partial charge on any atom is -0.443 e. The first-order valence-electron chi connectivity index (χ1n) is 10.9. The van der Waals surface area contributed by atoms with Crippen molar-refractivity contribution < 1.29 is 14.3 Å². The van der Waals surface area contributed by atoms with Gasteiger partial charge in [-0.25, -0.2) is 9.79 Å². The zero-order chi connectivity index (χ0) is 22.1. The van der Waals surface area contributed by atoms with E-state index in [1.165, 1.54) is 0 Å². The molecule has 0 bridgehead atoms. The van der Waals surface area contributed by atoms with Crippen molar-refractivity contribution in [1.82, 2.24) is 10.6 Å². The highest BCUT2D eigenvalue weighted by Crippen LogP contribution is 2.35. The summed E-state index contributed by atoms with van der Waals surface area (Å²) in [6.07, 6.45) is 2.70. The van der Waals surface area contributed by atoms with Crippen molar-refractivity contribution in [2.24, 2.45) is 4.99 Å². The van der Waals surface area contributed by atoms with Crippen LogP contribution in [0.25, 0.3) is 0 Å². The van der Waals surface area contributed by atoms with Crippen molar-refractivity contribution in [1.29, 1.82) is 0 Å². The van der Waals surface area contributed by atoms with Crippen molar-refractivity contribution in [3.05, 3.63) is 29.3 Å². The zero-order valence-corrected chi connectivity index (χ0v) is 22.1. The van der Waals surface area contributed by atoms with Crippen LogP contribution in [-0.4, -0.2) is 50.5 Å². The van der Waals surface area contributed by atoms with E-state index in [1.54, 1.807) is 7.11 Å². The van der Waals surface area contributed by atoms with Gasteiger partial charge in [0, 0.05) is 32.8 Å². The van der Waals surface area contributed by atoms with Crippen LogP contribution in [0.3, 0.4) is 0 Å². The molecule has 1 aromatic carbocycles. The first-order valence-corrected chi connectivity index (χ1v) is 10.9. The van der Waals surface area contributed by atoms with E-state index in [9.17, 15) is 4.79 Å². The third-order valence-corrected chi connectivity index (χ3v) is 4.60. The van der Waals surface area contributed by atoms with Gasteiger partial charge in [0.15, 0.2) is 5.96 Å². The van der Waals surface area contributed by atoms with E-state index in [4.69, 9.17) is 9.47 Å². The Morgan fingerprint density at radius 1 is 1.26 bits per heavy atom. The Balaban J connectivity index is 0.00000480. The first kappa shape index (κ1) is 27.5. The summed E-state index contributed by atoms with van der Waals surface area (Å²) < 4.78 is 10.7. The number of aliphatic imine (C=N–C) groups is 1. The molecule has 1 aliphatic rings. The molecule has 1 fully saturated rings. The number of amides is 1. The molecule has 1 aromatic rings. The number of aryl methyl sites for hydroxylation is 1. The monoisotopic (exact) mass is 546 g/mol.